The zero-order valence-electron chi connectivity index (χ0n) is 13.7. The van der Waals surface area contributed by atoms with E-state index in [1.165, 1.54) is 0 Å². The molecule has 8 heteroatoms. The molecule has 26 heavy (non-hydrogen) atoms. The topological polar surface area (TPSA) is 59.1 Å². The Balaban J connectivity index is 1.86. The number of hydrogen-bond donors (Lipinski definition) is 1. The lowest BCUT2D eigenvalue weighted by Gasteiger charge is -2.12. The van der Waals surface area contributed by atoms with Crippen LogP contribution in [0.15, 0.2) is 59.6 Å². The molecule has 0 fully saturated rings. The van der Waals surface area contributed by atoms with Crippen molar-refractivity contribution in [1.29, 1.82) is 0 Å². The number of aromatic nitrogens is 1. The van der Waals surface area contributed by atoms with Crippen molar-refractivity contribution in [3.63, 3.8) is 0 Å². The summed E-state index contributed by atoms with van der Waals surface area (Å²) in [6.45, 7) is 1.83. The number of sulfonamides is 1. The van der Waals surface area contributed by atoms with Crippen LogP contribution in [-0.4, -0.2) is 13.4 Å². The summed E-state index contributed by atoms with van der Waals surface area (Å²) in [5, 5.41) is 0.877. The van der Waals surface area contributed by atoms with Crippen molar-refractivity contribution < 1.29 is 21.6 Å². The molecule has 3 rings (SSSR count). The Morgan fingerprint density at radius 2 is 1.73 bits per heavy atom. The molecule has 0 bridgehead atoms. The van der Waals surface area contributed by atoms with E-state index in [-0.39, 0.29) is 11.4 Å². The highest BCUT2D eigenvalue weighted by Gasteiger charge is 2.30. The van der Waals surface area contributed by atoms with Crippen molar-refractivity contribution in [2.45, 2.75) is 24.5 Å². The van der Waals surface area contributed by atoms with Gasteiger partial charge >= 0.3 is 6.18 Å². The first-order chi connectivity index (χ1) is 12.2. The van der Waals surface area contributed by atoms with E-state index >= 15 is 0 Å². The number of pyridine rings is 1. The number of benzene rings is 2. The molecular formula is C18H15F3N2O2S. The molecule has 4 nitrogen and oxygen atoms in total. The van der Waals surface area contributed by atoms with E-state index in [0.29, 0.717) is 5.52 Å². The number of alkyl halides is 3. The van der Waals surface area contributed by atoms with Crippen molar-refractivity contribution in [2.24, 2.45) is 0 Å². The maximum Gasteiger partial charge on any atom is 0.416 e. The zero-order valence-corrected chi connectivity index (χ0v) is 14.5. The molecule has 1 N–H and O–H groups in total. The van der Waals surface area contributed by atoms with Crippen LogP contribution in [0.1, 0.15) is 16.7 Å². The maximum atomic E-state index is 12.6. The summed E-state index contributed by atoms with van der Waals surface area (Å²) >= 11 is 0. The molecule has 0 unspecified atom stereocenters. The third kappa shape index (κ3) is 3.71. The van der Waals surface area contributed by atoms with Gasteiger partial charge in [-0.3, -0.25) is 4.98 Å². The Morgan fingerprint density at radius 3 is 2.38 bits per heavy atom. The number of nitrogens with zero attached hydrogens (tertiary/aromatic N) is 1. The summed E-state index contributed by atoms with van der Waals surface area (Å²) in [4.78, 5) is 4.07. The van der Waals surface area contributed by atoms with Crippen LogP contribution in [0.4, 0.5) is 13.2 Å². The highest BCUT2D eigenvalue weighted by atomic mass is 32.2. The van der Waals surface area contributed by atoms with Crippen LogP contribution in [0.5, 0.6) is 0 Å². The SMILES string of the molecule is Cc1ccc2cccnc2c1CNS(=O)(=O)c1ccc(C(F)(F)F)cc1. The predicted octanol–water partition coefficient (Wildman–Crippen LogP) is 4.04. The Kier molecular flexibility index (Phi) is 4.72. The van der Waals surface area contributed by atoms with E-state index in [9.17, 15) is 21.6 Å². The molecule has 0 aliphatic carbocycles. The van der Waals surface area contributed by atoms with E-state index in [0.717, 1.165) is 40.8 Å². The van der Waals surface area contributed by atoms with Gasteiger partial charge in [-0.25, -0.2) is 13.1 Å². The minimum Gasteiger partial charge on any atom is -0.256 e. The number of nitrogens with one attached hydrogen (secondary N) is 1. The van der Waals surface area contributed by atoms with Gasteiger partial charge in [-0.15, -0.1) is 0 Å². The van der Waals surface area contributed by atoms with Crippen LogP contribution in [0.2, 0.25) is 0 Å². The van der Waals surface area contributed by atoms with Gasteiger partial charge in [0.15, 0.2) is 0 Å². The molecule has 0 spiro atoms. The molecule has 0 aliphatic heterocycles. The summed E-state index contributed by atoms with van der Waals surface area (Å²) in [5.41, 5.74) is 1.37. The lowest BCUT2D eigenvalue weighted by atomic mass is 10.0. The summed E-state index contributed by atoms with van der Waals surface area (Å²) < 4.78 is 65.1. The molecule has 2 aromatic carbocycles. The number of halogens is 3. The smallest absolute Gasteiger partial charge is 0.256 e. The van der Waals surface area contributed by atoms with Crippen LogP contribution >= 0.6 is 0 Å². The van der Waals surface area contributed by atoms with E-state index in [1.54, 1.807) is 12.3 Å². The Bertz CT molecular complexity index is 1050. The largest absolute Gasteiger partial charge is 0.416 e. The van der Waals surface area contributed by atoms with Crippen molar-refractivity contribution in [1.82, 2.24) is 9.71 Å². The molecule has 0 saturated heterocycles. The molecule has 1 heterocycles. The fourth-order valence-electron chi connectivity index (χ4n) is 2.60. The number of hydrogen-bond acceptors (Lipinski definition) is 3. The van der Waals surface area contributed by atoms with Gasteiger partial charge in [0.1, 0.15) is 0 Å². The highest BCUT2D eigenvalue weighted by Crippen LogP contribution is 2.29. The Labute approximate surface area is 148 Å². The second-order valence-corrected chi connectivity index (χ2v) is 7.55. The van der Waals surface area contributed by atoms with E-state index < -0.39 is 21.8 Å². The van der Waals surface area contributed by atoms with Gasteiger partial charge in [-0.2, -0.15) is 13.2 Å². The van der Waals surface area contributed by atoms with Crippen LogP contribution in [0, 0.1) is 6.92 Å². The third-order valence-electron chi connectivity index (χ3n) is 4.04. The van der Waals surface area contributed by atoms with Gasteiger partial charge < -0.3 is 0 Å². The maximum absolute atomic E-state index is 12.6. The molecule has 0 saturated carbocycles. The highest BCUT2D eigenvalue weighted by molar-refractivity contribution is 7.89. The summed E-state index contributed by atoms with van der Waals surface area (Å²) in [6, 6.07) is 10.8. The lowest BCUT2D eigenvalue weighted by Crippen LogP contribution is -2.24. The average Bonchev–Trinajstić information content (AvgIpc) is 2.60. The second kappa shape index (κ2) is 6.69. The van der Waals surface area contributed by atoms with Gasteiger partial charge in [-0.05, 0) is 48.4 Å². The first kappa shape index (κ1) is 18.3. The molecular weight excluding hydrogens is 365 g/mol. The van der Waals surface area contributed by atoms with Gasteiger partial charge in [0.25, 0.3) is 0 Å². The van der Waals surface area contributed by atoms with E-state index in [2.05, 4.69) is 9.71 Å². The fourth-order valence-corrected chi connectivity index (χ4v) is 3.60. The first-order valence-corrected chi connectivity index (χ1v) is 9.17. The lowest BCUT2D eigenvalue weighted by molar-refractivity contribution is -0.137. The second-order valence-electron chi connectivity index (χ2n) is 5.78. The summed E-state index contributed by atoms with van der Waals surface area (Å²) in [5.74, 6) is 0. The number of aryl methyl sites for hydroxylation is 1. The predicted molar refractivity (Wildman–Crippen MR) is 91.9 cm³/mol. The van der Waals surface area contributed by atoms with Crippen LogP contribution in [-0.2, 0) is 22.7 Å². The minimum atomic E-state index is -4.51. The van der Waals surface area contributed by atoms with Gasteiger partial charge in [-0.1, -0.05) is 18.2 Å². The molecule has 3 aromatic rings. The molecule has 0 amide bonds. The van der Waals surface area contributed by atoms with Crippen molar-refractivity contribution >= 4 is 20.9 Å². The van der Waals surface area contributed by atoms with Crippen molar-refractivity contribution in [3.8, 4) is 0 Å². The number of rotatable bonds is 4. The summed E-state index contributed by atoms with van der Waals surface area (Å²) in [7, 11) is -3.95. The van der Waals surface area contributed by atoms with E-state index in [4.69, 9.17) is 0 Å². The average molecular weight is 380 g/mol. The van der Waals surface area contributed by atoms with Crippen molar-refractivity contribution in [2.75, 3.05) is 0 Å². The third-order valence-corrected chi connectivity index (χ3v) is 5.46. The Hall–Kier alpha value is -2.45. The molecule has 0 atom stereocenters. The van der Waals surface area contributed by atoms with E-state index in [1.807, 2.05) is 25.1 Å². The molecule has 0 aliphatic rings. The molecule has 136 valence electrons. The molecule has 1 aromatic heterocycles. The first-order valence-electron chi connectivity index (χ1n) is 7.68. The van der Waals surface area contributed by atoms with Gasteiger partial charge in [0.05, 0.1) is 16.0 Å². The molecule has 0 radical (unpaired) electrons. The Morgan fingerprint density at radius 1 is 1.04 bits per heavy atom. The number of fused-ring (bicyclic) bond motifs is 1. The minimum absolute atomic E-state index is 0.0104. The van der Waals surface area contributed by atoms with Crippen LogP contribution < -0.4 is 4.72 Å². The fraction of sp³-hybridized carbons (Fsp3) is 0.167. The van der Waals surface area contributed by atoms with Gasteiger partial charge in [0.2, 0.25) is 10.0 Å². The quantitative estimate of drug-likeness (QED) is 0.743. The van der Waals surface area contributed by atoms with Crippen LogP contribution in [0.3, 0.4) is 0 Å². The zero-order chi connectivity index (χ0) is 18.9. The normalized spacial score (nSPS) is 12.5. The van der Waals surface area contributed by atoms with Crippen LogP contribution in [0.25, 0.3) is 10.9 Å². The van der Waals surface area contributed by atoms with Gasteiger partial charge in [0, 0.05) is 18.1 Å². The van der Waals surface area contributed by atoms with Crippen molar-refractivity contribution in [3.05, 3.63) is 71.4 Å². The summed E-state index contributed by atoms with van der Waals surface area (Å²) in [6.07, 6.45) is -2.89. The standard InChI is InChI=1S/C18H15F3N2O2S/c1-12-4-5-13-3-2-10-22-17(13)16(12)11-23-26(24,25)15-8-6-14(7-9-15)18(19,20)21/h2-10,23H,11H2,1H3. The monoisotopic (exact) mass is 380 g/mol.